The van der Waals surface area contributed by atoms with Crippen LogP contribution >= 0.6 is 39.1 Å². The van der Waals surface area contributed by atoms with Crippen LogP contribution in [0.25, 0.3) is 0 Å². The molecule has 1 aliphatic rings. The SMILES string of the molecule is CC(C)C1CN(c2ccc(Br)c(Cl)c2Cl)CCN1. The van der Waals surface area contributed by atoms with Crippen LogP contribution in [0.4, 0.5) is 5.69 Å². The summed E-state index contributed by atoms with van der Waals surface area (Å²) in [7, 11) is 0. The highest BCUT2D eigenvalue weighted by Gasteiger charge is 2.24. The Kier molecular flexibility index (Phi) is 4.81. The smallest absolute Gasteiger partial charge is 0.0837 e. The lowest BCUT2D eigenvalue weighted by Gasteiger charge is -2.37. The molecule has 1 heterocycles. The van der Waals surface area contributed by atoms with Crippen LogP contribution in [0.2, 0.25) is 10.0 Å². The minimum Gasteiger partial charge on any atom is -0.367 e. The fourth-order valence-electron chi connectivity index (χ4n) is 2.20. The molecule has 18 heavy (non-hydrogen) atoms. The number of nitrogens with one attached hydrogen (secondary N) is 1. The second kappa shape index (κ2) is 6.00. The third kappa shape index (κ3) is 2.96. The van der Waals surface area contributed by atoms with Gasteiger partial charge in [0, 0.05) is 30.1 Å². The Morgan fingerprint density at radius 1 is 1.33 bits per heavy atom. The van der Waals surface area contributed by atoms with Crippen LogP contribution in [0, 0.1) is 5.92 Å². The maximum absolute atomic E-state index is 6.34. The lowest BCUT2D eigenvalue weighted by atomic mass is 10.0. The van der Waals surface area contributed by atoms with Crippen LogP contribution in [0.1, 0.15) is 13.8 Å². The first kappa shape index (κ1) is 14.4. The summed E-state index contributed by atoms with van der Waals surface area (Å²) in [5.41, 5.74) is 1.03. The van der Waals surface area contributed by atoms with Gasteiger partial charge in [0.15, 0.2) is 0 Å². The molecule has 1 aliphatic heterocycles. The van der Waals surface area contributed by atoms with Crippen molar-refractivity contribution in [3.63, 3.8) is 0 Å². The van der Waals surface area contributed by atoms with Gasteiger partial charge in [0.1, 0.15) is 0 Å². The van der Waals surface area contributed by atoms with Gasteiger partial charge in [-0.15, -0.1) is 0 Å². The highest BCUT2D eigenvalue weighted by Crippen LogP contribution is 2.38. The first-order valence-electron chi connectivity index (χ1n) is 6.12. The van der Waals surface area contributed by atoms with Crippen LogP contribution in [0.15, 0.2) is 16.6 Å². The predicted molar refractivity (Wildman–Crippen MR) is 83.0 cm³/mol. The van der Waals surface area contributed by atoms with E-state index in [1.807, 2.05) is 12.1 Å². The van der Waals surface area contributed by atoms with E-state index >= 15 is 0 Å². The van der Waals surface area contributed by atoms with E-state index in [1.54, 1.807) is 0 Å². The lowest BCUT2D eigenvalue weighted by molar-refractivity contribution is 0.368. The molecule has 0 bridgehead atoms. The summed E-state index contributed by atoms with van der Waals surface area (Å²) in [6.45, 7) is 7.37. The van der Waals surface area contributed by atoms with Crippen molar-refractivity contribution in [1.29, 1.82) is 0 Å². The Morgan fingerprint density at radius 3 is 2.72 bits per heavy atom. The van der Waals surface area contributed by atoms with Crippen molar-refractivity contribution in [2.24, 2.45) is 5.92 Å². The molecule has 1 atom stereocenters. The zero-order valence-corrected chi connectivity index (χ0v) is 13.6. The molecule has 0 radical (unpaired) electrons. The van der Waals surface area contributed by atoms with Gasteiger partial charge in [-0.1, -0.05) is 37.0 Å². The molecule has 1 N–H and O–H groups in total. The van der Waals surface area contributed by atoms with Crippen molar-refractivity contribution in [3.8, 4) is 0 Å². The van der Waals surface area contributed by atoms with Gasteiger partial charge in [-0.25, -0.2) is 0 Å². The molecule has 1 aromatic carbocycles. The monoisotopic (exact) mass is 350 g/mol. The van der Waals surface area contributed by atoms with Gasteiger partial charge in [-0.3, -0.25) is 0 Å². The van der Waals surface area contributed by atoms with Crippen molar-refractivity contribution in [3.05, 3.63) is 26.7 Å². The fraction of sp³-hybridized carbons (Fsp3) is 0.538. The number of benzene rings is 1. The molecule has 2 rings (SSSR count). The van der Waals surface area contributed by atoms with E-state index in [-0.39, 0.29) is 0 Å². The molecular formula is C13H17BrCl2N2. The van der Waals surface area contributed by atoms with Crippen LogP contribution in [0.3, 0.4) is 0 Å². The maximum atomic E-state index is 6.34. The van der Waals surface area contributed by atoms with Gasteiger partial charge in [0.05, 0.1) is 15.7 Å². The van der Waals surface area contributed by atoms with E-state index in [1.165, 1.54) is 0 Å². The quantitative estimate of drug-likeness (QED) is 0.803. The molecule has 0 aliphatic carbocycles. The summed E-state index contributed by atoms with van der Waals surface area (Å²) >= 11 is 15.9. The summed E-state index contributed by atoms with van der Waals surface area (Å²) in [6.07, 6.45) is 0. The minimum atomic E-state index is 0.497. The molecule has 100 valence electrons. The molecule has 0 spiro atoms. The van der Waals surface area contributed by atoms with Gasteiger partial charge >= 0.3 is 0 Å². The molecule has 0 saturated carbocycles. The molecule has 5 heteroatoms. The number of anilines is 1. The highest BCUT2D eigenvalue weighted by molar-refractivity contribution is 9.10. The topological polar surface area (TPSA) is 15.3 Å². The Morgan fingerprint density at radius 2 is 2.06 bits per heavy atom. The van der Waals surface area contributed by atoms with Gasteiger partial charge in [-0.2, -0.15) is 0 Å². The van der Waals surface area contributed by atoms with Crippen LogP contribution in [-0.4, -0.2) is 25.7 Å². The van der Waals surface area contributed by atoms with E-state index in [2.05, 4.69) is 40.0 Å². The largest absolute Gasteiger partial charge is 0.367 e. The highest BCUT2D eigenvalue weighted by atomic mass is 79.9. The number of hydrogen-bond acceptors (Lipinski definition) is 2. The first-order valence-corrected chi connectivity index (χ1v) is 7.67. The summed E-state index contributed by atoms with van der Waals surface area (Å²) in [4.78, 5) is 2.31. The van der Waals surface area contributed by atoms with E-state index in [9.17, 15) is 0 Å². The number of nitrogens with zero attached hydrogens (tertiary/aromatic N) is 1. The van der Waals surface area contributed by atoms with Gasteiger partial charge < -0.3 is 10.2 Å². The van der Waals surface area contributed by atoms with Crippen LogP contribution < -0.4 is 10.2 Å². The Bertz CT molecular complexity index is 437. The number of halogens is 3. The molecule has 0 amide bonds. The van der Waals surface area contributed by atoms with E-state index in [4.69, 9.17) is 23.2 Å². The summed E-state index contributed by atoms with van der Waals surface area (Å²) in [5.74, 6) is 0.609. The lowest BCUT2D eigenvalue weighted by Crippen LogP contribution is -2.53. The second-order valence-electron chi connectivity index (χ2n) is 4.95. The average molecular weight is 352 g/mol. The molecular weight excluding hydrogens is 335 g/mol. The van der Waals surface area contributed by atoms with Crippen molar-refractivity contribution >= 4 is 44.8 Å². The minimum absolute atomic E-state index is 0.497. The Labute approximate surface area is 127 Å². The summed E-state index contributed by atoms with van der Waals surface area (Å²) < 4.78 is 0.841. The van der Waals surface area contributed by atoms with Gasteiger partial charge in [0.2, 0.25) is 0 Å². The zero-order chi connectivity index (χ0) is 13.3. The number of hydrogen-bond donors (Lipinski definition) is 1. The molecule has 1 saturated heterocycles. The third-order valence-electron chi connectivity index (χ3n) is 3.37. The summed E-state index contributed by atoms with van der Waals surface area (Å²) in [5, 5.41) is 4.76. The van der Waals surface area contributed by atoms with Crippen molar-refractivity contribution in [2.75, 3.05) is 24.5 Å². The van der Waals surface area contributed by atoms with Gasteiger partial charge in [-0.05, 0) is 34.0 Å². The standard InChI is InChI=1S/C13H17BrCl2N2/c1-8(2)10-7-18(6-5-17-10)11-4-3-9(14)12(15)13(11)16/h3-4,8,10,17H,5-7H2,1-2H3. The Balaban J connectivity index is 2.24. The van der Waals surface area contributed by atoms with Gasteiger partial charge in [0.25, 0.3) is 0 Å². The van der Waals surface area contributed by atoms with Crippen molar-refractivity contribution < 1.29 is 0 Å². The molecule has 1 aromatic rings. The fourth-order valence-corrected chi connectivity index (χ4v) is 3.09. The van der Waals surface area contributed by atoms with Crippen molar-refractivity contribution in [1.82, 2.24) is 5.32 Å². The van der Waals surface area contributed by atoms with E-state index < -0.39 is 0 Å². The molecule has 2 nitrogen and oxygen atoms in total. The van der Waals surface area contributed by atoms with E-state index in [0.717, 1.165) is 29.8 Å². The zero-order valence-electron chi connectivity index (χ0n) is 10.5. The van der Waals surface area contributed by atoms with Crippen molar-refractivity contribution in [2.45, 2.75) is 19.9 Å². The second-order valence-corrected chi connectivity index (χ2v) is 6.56. The maximum Gasteiger partial charge on any atom is 0.0837 e. The molecule has 0 aromatic heterocycles. The normalized spacial score (nSPS) is 20.6. The van der Waals surface area contributed by atoms with Crippen LogP contribution in [-0.2, 0) is 0 Å². The first-order chi connectivity index (χ1) is 8.50. The number of rotatable bonds is 2. The van der Waals surface area contributed by atoms with E-state index in [0.29, 0.717) is 22.0 Å². The molecule has 1 fully saturated rings. The molecule has 1 unspecified atom stereocenters. The average Bonchev–Trinajstić information content (AvgIpc) is 2.36. The third-order valence-corrected chi connectivity index (χ3v) is 5.13. The Hall–Kier alpha value is 0.0400. The number of piperazine rings is 1. The summed E-state index contributed by atoms with van der Waals surface area (Å²) in [6, 6.07) is 4.48. The predicted octanol–water partition coefficient (Wildman–Crippen LogP) is 4.19. The van der Waals surface area contributed by atoms with Crippen LogP contribution in [0.5, 0.6) is 0 Å².